The Kier molecular flexibility index (Phi) is 4.97. The molecule has 3 rings (SSSR count). The lowest BCUT2D eigenvalue weighted by molar-refractivity contribution is -0.00765. The molecular formula is C18H29N3O3. The molecule has 1 aromatic heterocycles. The van der Waals surface area contributed by atoms with Gasteiger partial charge < -0.3 is 14.7 Å². The van der Waals surface area contributed by atoms with Crippen LogP contribution in [0.4, 0.5) is 0 Å². The average molecular weight is 335 g/mol. The molecule has 2 atom stereocenters. The van der Waals surface area contributed by atoms with Gasteiger partial charge in [-0.15, -0.1) is 0 Å². The molecule has 0 radical (unpaired) electrons. The van der Waals surface area contributed by atoms with Crippen molar-refractivity contribution >= 4 is 5.91 Å². The van der Waals surface area contributed by atoms with Crippen LogP contribution in [-0.2, 0) is 11.2 Å². The number of ether oxygens (including phenoxy) is 1. The summed E-state index contributed by atoms with van der Waals surface area (Å²) < 4.78 is 5.78. The zero-order valence-electron chi connectivity index (χ0n) is 15.0. The van der Waals surface area contributed by atoms with Crippen molar-refractivity contribution in [3.05, 3.63) is 17.0 Å². The Hall–Kier alpha value is -1.40. The van der Waals surface area contributed by atoms with Crippen LogP contribution in [0.25, 0.3) is 0 Å². The van der Waals surface area contributed by atoms with Gasteiger partial charge >= 0.3 is 0 Å². The number of nitrogens with zero attached hydrogens (tertiary/aromatic N) is 2. The van der Waals surface area contributed by atoms with E-state index in [9.17, 15) is 9.90 Å². The molecular weight excluding hydrogens is 306 g/mol. The summed E-state index contributed by atoms with van der Waals surface area (Å²) in [5, 5.41) is 18.1. The topological polar surface area (TPSA) is 78.5 Å². The summed E-state index contributed by atoms with van der Waals surface area (Å²) in [4.78, 5) is 14.5. The second kappa shape index (κ2) is 6.84. The van der Waals surface area contributed by atoms with Crippen molar-refractivity contribution in [1.29, 1.82) is 0 Å². The number of H-pyrrole nitrogens is 1. The number of carbonyl (C=O) groups excluding carboxylic acids is 1. The molecule has 0 spiro atoms. The van der Waals surface area contributed by atoms with Crippen LogP contribution in [0.2, 0.25) is 0 Å². The Labute approximate surface area is 143 Å². The molecule has 24 heavy (non-hydrogen) atoms. The molecule has 0 saturated heterocycles. The first-order valence-electron chi connectivity index (χ1n) is 9.10. The third-order valence-electron chi connectivity index (χ3n) is 5.35. The normalized spacial score (nSPS) is 26.5. The number of rotatable bonds is 3. The highest BCUT2D eigenvalue weighted by Crippen LogP contribution is 2.31. The predicted molar refractivity (Wildman–Crippen MR) is 90.9 cm³/mol. The molecule has 1 aliphatic heterocycles. The van der Waals surface area contributed by atoms with E-state index in [1.165, 1.54) is 12.8 Å². The maximum absolute atomic E-state index is 12.9. The van der Waals surface area contributed by atoms with Crippen LogP contribution in [-0.4, -0.2) is 51.4 Å². The van der Waals surface area contributed by atoms with Crippen LogP contribution in [0.3, 0.4) is 0 Å². The lowest BCUT2D eigenvalue weighted by Gasteiger charge is -2.32. The Bertz CT molecular complexity index is 590. The van der Waals surface area contributed by atoms with Crippen molar-refractivity contribution in [2.45, 2.75) is 76.6 Å². The van der Waals surface area contributed by atoms with E-state index in [1.54, 1.807) is 11.9 Å². The van der Waals surface area contributed by atoms with E-state index in [-0.39, 0.29) is 18.1 Å². The number of likely N-dealkylation sites (N-methyl/N-ethyl adjacent to an activating group) is 1. The minimum Gasteiger partial charge on any atom is -0.388 e. The van der Waals surface area contributed by atoms with Gasteiger partial charge in [-0.25, -0.2) is 0 Å². The van der Waals surface area contributed by atoms with Gasteiger partial charge in [0.05, 0.1) is 23.5 Å². The lowest BCUT2D eigenvalue weighted by Crippen LogP contribution is -2.44. The van der Waals surface area contributed by atoms with Crippen LogP contribution in [0.5, 0.6) is 0 Å². The number of aromatic amines is 1. The summed E-state index contributed by atoms with van der Waals surface area (Å²) in [6.07, 6.45) is 6.63. The van der Waals surface area contributed by atoms with Gasteiger partial charge in [0, 0.05) is 25.6 Å². The first kappa shape index (κ1) is 17.4. The fourth-order valence-corrected chi connectivity index (χ4v) is 4.09. The first-order valence-corrected chi connectivity index (χ1v) is 9.10. The second-order valence-corrected chi connectivity index (χ2v) is 7.56. The zero-order chi connectivity index (χ0) is 17.3. The Morgan fingerprint density at radius 2 is 2.00 bits per heavy atom. The van der Waals surface area contributed by atoms with Gasteiger partial charge in [0.15, 0.2) is 5.69 Å². The van der Waals surface area contributed by atoms with E-state index >= 15 is 0 Å². The molecule has 0 unspecified atom stereocenters. The van der Waals surface area contributed by atoms with Crippen LogP contribution in [0, 0.1) is 0 Å². The highest BCUT2D eigenvalue weighted by Gasteiger charge is 2.34. The third-order valence-corrected chi connectivity index (χ3v) is 5.35. The molecule has 1 aliphatic carbocycles. The van der Waals surface area contributed by atoms with Crippen molar-refractivity contribution in [3.63, 3.8) is 0 Å². The summed E-state index contributed by atoms with van der Waals surface area (Å²) in [5.74, 6) is -0.119. The first-order chi connectivity index (χ1) is 11.4. The standard InChI is InChI=1S/C18H29N3O3/c1-12-10-14-15(13(2)24-12)19-20-16(14)17(22)21(3)11-18(23)8-6-4-5-7-9-18/h12-13,23H,4-11H2,1-3H3,(H,19,20)/t12-,13+/m1/s1. The highest BCUT2D eigenvalue weighted by molar-refractivity contribution is 5.94. The molecule has 1 amide bonds. The van der Waals surface area contributed by atoms with Crippen LogP contribution < -0.4 is 0 Å². The number of hydrogen-bond acceptors (Lipinski definition) is 4. The third kappa shape index (κ3) is 3.49. The lowest BCUT2D eigenvalue weighted by atomic mass is 9.93. The molecule has 1 saturated carbocycles. The number of aliphatic hydroxyl groups is 1. The number of amides is 1. The molecule has 1 fully saturated rings. The van der Waals surface area contributed by atoms with Gasteiger partial charge in [0.1, 0.15) is 0 Å². The number of hydrogen-bond donors (Lipinski definition) is 2. The number of aromatic nitrogens is 2. The second-order valence-electron chi connectivity index (χ2n) is 7.56. The molecule has 2 heterocycles. The van der Waals surface area contributed by atoms with Gasteiger partial charge in [-0.2, -0.15) is 5.10 Å². The molecule has 0 bridgehead atoms. The van der Waals surface area contributed by atoms with Crippen molar-refractivity contribution in [1.82, 2.24) is 15.1 Å². The molecule has 2 aliphatic rings. The molecule has 1 aromatic rings. The summed E-state index contributed by atoms with van der Waals surface area (Å²) in [6, 6.07) is 0. The van der Waals surface area contributed by atoms with Gasteiger partial charge in [0.2, 0.25) is 0 Å². The number of carbonyl (C=O) groups is 1. The summed E-state index contributed by atoms with van der Waals surface area (Å²) >= 11 is 0. The minimum atomic E-state index is -0.763. The molecule has 6 nitrogen and oxygen atoms in total. The summed E-state index contributed by atoms with van der Waals surface area (Å²) in [6.45, 7) is 4.35. The molecule has 6 heteroatoms. The zero-order valence-corrected chi connectivity index (χ0v) is 15.0. The van der Waals surface area contributed by atoms with E-state index in [1.807, 2.05) is 13.8 Å². The van der Waals surface area contributed by atoms with Crippen LogP contribution in [0.15, 0.2) is 0 Å². The summed E-state index contributed by atoms with van der Waals surface area (Å²) in [5.41, 5.74) is 1.58. The maximum atomic E-state index is 12.9. The van der Waals surface area contributed by atoms with Crippen molar-refractivity contribution in [3.8, 4) is 0 Å². The van der Waals surface area contributed by atoms with E-state index in [4.69, 9.17) is 4.74 Å². The fraction of sp³-hybridized carbons (Fsp3) is 0.778. The maximum Gasteiger partial charge on any atom is 0.274 e. The van der Waals surface area contributed by atoms with E-state index in [2.05, 4.69) is 10.2 Å². The predicted octanol–water partition coefficient (Wildman–Crippen LogP) is 2.59. The smallest absolute Gasteiger partial charge is 0.274 e. The molecule has 2 N–H and O–H groups in total. The van der Waals surface area contributed by atoms with Gasteiger partial charge in [-0.1, -0.05) is 25.7 Å². The minimum absolute atomic E-state index is 0.0749. The molecule has 0 aromatic carbocycles. The quantitative estimate of drug-likeness (QED) is 0.832. The van der Waals surface area contributed by atoms with Crippen molar-refractivity contribution < 1.29 is 14.6 Å². The molecule has 134 valence electrons. The number of nitrogens with one attached hydrogen (secondary N) is 1. The highest BCUT2D eigenvalue weighted by atomic mass is 16.5. The largest absolute Gasteiger partial charge is 0.388 e. The number of fused-ring (bicyclic) bond motifs is 1. The summed E-state index contributed by atoms with van der Waals surface area (Å²) in [7, 11) is 1.76. The van der Waals surface area contributed by atoms with Gasteiger partial charge in [0.25, 0.3) is 5.91 Å². The van der Waals surface area contributed by atoms with E-state index < -0.39 is 5.60 Å². The SMILES string of the molecule is C[C@@H]1Cc2c(C(=O)N(C)CC3(O)CCCCCC3)n[nH]c2[C@H](C)O1. The van der Waals surface area contributed by atoms with Crippen molar-refractivity contribution in [2.24, 2.45) is 0 Å². The van der Waals surface area contributed by atoms with E-state index in [0.29, 0.717) is 18.7 Å². The van der Waals surface area contributed by atoms with Crippen LogP contribution >= 0.6 is 0 Å². The monoisotopic (exact) mass is 335 g/mol. The van der Waals surface area contributed by atoms with Crippen LogP contribution in [0.1, 0.15) is 80.2 Å². The fourth-order valence-electron chi connectivity index (χ4n) is 4.09. The Balaban J connectivity index is 1.74. The van der Waals surface area contributed by atoms with Gasteiger partial charge in [-0.05, 0) is 26.7 Å². The van der Waals surface area contributed by atoms with E-state index in [0.717, 1.165) is 36.9 Å². The van der Waals surface area contributed by atoms with Gasteiger partial charge in [-0.3, -0.25) is 9.89 Å². The van der Waals surface area contributed by atoms with Crippen molar-refractivity contribution in [2.75, 3.05) is 13.6 Å². The Morgan fingerprint density at radius 3 is 2.67 bits per heavy atom. The Morgan fingerprint density at radius 1 is 1.33 bits per heavy atom. The average Bonchev–Trinajstić information content (AvgIpc) is 2.82.